The van der Waals surface area contributed by atoms with Crippen LogP contribution >= 0.6 is 0 Å². The van der Waals surface area contributed by atoms with E-state index in [1.54, 1.807) is 18.3 Å². The lowest BCUT2D eigenvalue weighted by atomic mass is 10.1. The number of carboxylic acid groups (broad SMARTS) is 2. The van der Waals surface area contributed by atoms with Gasteiger partial charge < -0.3 is 15.5 Å². The van der Waals surface area contributed by atoms with Crippen LogP contribution in [0.2, 0.25) is 0 Å². The predicted octanol–water partition coefficient (Wildman–Crippen LogP) is 3.05. The zero-order chi connectivity index (χ0) is 23.3. The minimum atomic E-state index is -5.08. The van der Waals surface area contributed by atoms with E-state index in [1.165, 1.54) is 4.68 Å². The number of fused-ring (bicyclic) bond motifs is 1. The maximum Gasteiger partial charge on any atom is 0.490 e. The van der Waals surface area contributed by atoms with Gasteiger partial charge in [0.15, 0.2) is 0 Å². The highest BCUT2D eigenvalue weighted by Gasteiger charge is 2.38. The van der Waals surface area contributed by atoms with Gasteiger partial charge in [0.1, 0.15) is 6.54 Å². The zero-order valence-corrected chi connectivity index (χ0v) is 16.3. The molecule has 0 saturated heterocycles. The molecule has 170 valence electrons. The Kier molecular flexibility index (Phi) is 7.71. The second kappa shape index (κ2) is 9.86. The minimum Gasteiger partial charge on any atom is -0.478 e. The van der Waals surface area contributed by atoms with Crippen LogP contribution in [0, 0.1) is 6.92 Å². The summed E-state index contributed by atoms with van der Waals surface area (Å²) in [6.07, 6.45) is -4.25. The molecule has 2 aromatic rings. The average Bonchev–Trinajstić information content (AvgIpc) is 3.20. The van der Waals surface area contributed by atoms with Crippen molar-refractivity contribution in [2.24, 2.45) is 0 Å². The molecule has 1 aliphatic carbocycles. The number of hydrogen-bond acceptors (Lipinski definition) is 4. The first kappa shape index (κ1) is 24.3. The molecule has 1 heterocycles. The fraction of sp³-hybridized carbons (Fsp3) is 0.421. The van der Waals surface area contributed by atoms with Crippen molar-refractivity contribution in [1.29, 1.82) is 0 Å². The van der Waals surface area contributed by atoms with Gasteiger partial charge in [-0.25, -0.2) is 18.4 Å². The van der Waals surface area contributed by atoms with Crippen molar-refractivity contribution in [3.63, 3.8) is 0 Å². The molecule has 12 heteroatoms. The van der Waals surface area contributed by atoms with Crippen molar-refractivity contribution < 1.29 is 41.8 Å². The number of aromatic carboxylic acids is 1. The van der Waals surface area contributed by atoms with E-state index in [2.05, 4.69) is 10.4 Å². The number of benzene rings is 1. The third-order valence-corrected chi connectivity index (χ3v) is 4.58. The zero-order valence-electron chi connectivity index (χ0n) is 16.3. The Morgan fingerprint density at radius 2 is 1.84 bits per heavy atom. The standard InChI is InChI=1S/C17H19F2N3O2.C2HF3O2/c1-10-14(8-22(21-10)9-16(18)19)7-20-15-5-11-2-3-12(17(23)24)4-13(11)6-15;3-2(4,5)1(6)7/h2-4,8,15-16,20H,5-7,9H2,1H3,(H,23,24);(H,6,7). The number of rotatable bonds is 6. The number of aliphatic carboxylic acids is 1. The van der Waals surface area contributed by atoms with Crippen LogP contribution in [0.15, 0.2) is 24.4 Å². The Morgan fingerprint density at radius 1 is 1.23 bits per heavy atom. The van der Waals surface area contributed by atoms with Gasteiger partial charge >= 0.3 is 18.1 Å². The molecular formula is C19H20F5N3O4. The summed E-state index contributed by atoms with van der Waals surface area (Å²) in [4.78, 5) is 19.9. The first-order valence-electron chi connectivity index (χ1n) is 9.06. The number of aryl methyl sites for hydroxylation is 1. The number of nitrogens with one attached hydrogen (secondary N) is 1. The molecule has 0 fully saturated rings. The van der Waals surface area contributed by atoms with Crippen LogP contribution in [-0.2, 0) is 30.7 Å². The van der Waals surface area contributed by atoms with Gasteiger partial charge in [0, 0.05) is 24.3 Å². The normalized spacial score (nSPS) is 15.4. The smallest absolute Gasteiger partial charge is 0.478 e. The summed E-state index contributed by atoms with van der Waals surface area (Å²) in [7, 11) is 0. The molecule has 0 saturated carbocycles. The molecule has 0 radical (unpaired) electrons. The van der Waals surface area contributed by atoms with Crippen molar-refractivity contribution in [2.75, 3.05) is 0 Å². The molecule has 0 amide bonds. The van der Waals surface area contributed by atoms with E-state index < -0.39 is 31.1 Å². The minimum absolute atomic E-state index is 0.210. The van der Waals surface area contributed by atoms with E-state index in [4.69, 9.17) is 15.0 Å². The third kappa shape index (κ3) is 7.02. The first-order chi connectivity index (χ1) is 14.4. The highest BCUT2D eigenvalue weighted by molar-refractivity contribution is 5.88. The van der Waals surface area contributed by atoms with E-state index >= 15 is 0 Å². The summed E-state index contributed by atoms with van der Waals surface area (Å²) in [6.45, 7) is 1.97. The topological polar surface area (TPSA) is 104 Å². The molecule has 1 atom stereocenters. The largest absolute Gasteiger partial charge is 0.490 e. The summed E-state index contributed by atoms with van der Waals surface area (Å²) in [5.74, 6) is -3.68. The highest BCUT2D eigenvalue weighted by atomic mass is 19.4. The van der Waals surface area contributed by atoms with Gasteiger partial charge in [-0.05, 0) is 43.0 Å². The number of alkyl halides is 5. The maximum atomic E-state index is 12.4. The van der Waals surface area contributed by atoms with Crippen molar-refractivity contribution >= 4 is 11.9 Å². The summed E-state index contributed by atoms with van der Waals surface area (Å²) in [5.41, 5.74) is 4.16. The van der Waals surface area contributed by atoms with Gasteiger partial charge in [-0.1, -0.05) is 6.07 Å². The van der Waals surface area contributed by atoms with Gasteiger partial charge in [-0.3, -0.25) is 4.68 Å². The summed E-state index contributed by atoms with van der Waals surface area (Å²) >= 11 is 0. The molecule has 3 rings (SSSR count). The van der Waals surface area contributed by atoms with Gasteiger partial charge in [0.2, 0.25) is 0 Å². The van der Waals surface area contributed by atoms with E-state index in [-0.39, 0.29) is 6.04 Å². The maximum absolute atomic E-state index is 12.4. The van der Waals surface area contributed by atoms with Crippen LogP contribution in [0.25, 0.3) is 0 Å². The Labute approximate surface area is 173 Å². The Bertz CT molecular complexity index is 943. The third-order valence-electron chi connectivity index (χ3n) is 4.58. The van der Waals surface area contributed by atoms with Crippen molar-refractivity contribution in [2.45, 2.75) is 51.5 Å². The molecule has 31 heavy (non-hydrogen) atoms. The SMILES string of the molecule is Cc1nn(CC(F)F)cc1CNC1Cc2ccc(C(=O)O)cc2C1.O=C(O)C(F)(F)F. The quantitative estimate of drug-likeness (QED) is 0.586. The van der Waals surface area contributed by atoms with E-state index in [9.17, 15) is 26.7 Å². The van der Waals surface area contributed by atoms with E-state index in [0.29, 0.717) is 12.1 Å². The van der Waals surface area contributed by atoms with Gasteiger partial charge in [-0.2, -0.15) is 18.3 Å². The molecular weight excluding hydrogens is 429 g/mol. The number of carbonyl (C=O) groups is 2. The average molecular weight is 449 g/mol. The lowest BCUT2D eigenvalue weighted by molar-refractivity contribution is -0.192. The number of carboxylic acids is 2. The number of nitrogens with zero attached hydrogens (tertiary/aromatic N) is 2. The fourth-order valence-corrected chi connectivity index (χ4v) is 3.12. The molecule has 1 aliphatic rings. The molecule has 1 aromatic heterocycles. The summed E-state index contributed by atoms with van der Waals surface area (Å²) in [6, 6.07) is 5.43. The molecule has 3 N–H and O–H groups in total. The molecule has 0 spiro atoms. The Balaban J connectivity index is 0.000000423. The number of aromatic nitrogens is 2. The summed E-state index contributed by atoms with van der Waals surface area (Å²) in [5, 5.41) is 23.7. The lowest BCUT2D eigenvalue weighted by Crippen LogP contribution is -2.29. The molecule has 1 unspecified atom stereocenters. The summed E-state index contributed by atoms with van der Waals surface area (Å²) < 4.78 is 57.8. The second-order valence-electron chi connectivity index (χ2n) is 6.93. The number of hydrogen-bond donors (Lipinski definition) is 3. The van der Waals surface area contributed by atoms with Crippen LogP contribution in [0.5, 0.6) is 0 Å². The predicted molar refractivity (Wildman–Crippen MR) is 98.1 cm³/mol. The fourth-order valence-electron chi connectivity index (χ4n) is 3.12. The van der Waals surface area contributed by atoms with Crippen molar-refractivity contribution in [3.8, 4) is 0 Å². The monoisotopic (exact) mass is 449 g/mol. The van der Waals surface area contributed by atoms with Crippen LogP contribution in [-0.4, -0.2) is 50.6 Å². The van der Waals surface area contributed by atoms with Crippen LogP contribution in [0.1, 0.15) is 32.7 Å². The molecule has 0 bridgehead atoms. The van der Waals surface area contributed by atoms with Crippen LogP contribution < -0.4 is 5.32 Å². The van der Waals surface area contributed by atoms with E-state index in [0.717, 1.165) is 35.2 Å². The first-order valence-corrected chi connectivity index (χ1v) is 9.06. The highest BCUT2D eigenvalue weighted by Crippen LogP contribution is 2.24. The van der Waals surface area contributed by atoms with E-state index in [1.807, 2.05) is 13.0 Å². The van der Waals surface area contributed by atoms with Crippen molar-refractivity contribution in [1.82, 2.24) is 15.1 Å². The second-order valence-corrected chi connectivity index (χ2v) is 6.93. The molecule has 1 aromatic carbocycles. The lowest BCUT2D eigenvalue weighted by Gasteiger charge is -2.11. The Morgan fingerprint density at radius 3 is 2.39 bits per heavy atom. The van der Waals surface area contributed by atoms with Gasteiger partial charge in [0.25, 0.3) is 6.43 Å². The Hall–Kier alpha value is -3.02. The van der Waals surface area contributed by atoms with Gasteiger partial charge in [-0.15, -0.1) is 0 Å². The van der Waals surface area contributed by atoms with Crippen LogP contribution in [0.4, 0.5) is 22.0 Å². The number of halogens is 5. The molecule has 0 aliphatic heterocycles. The van der Waals surface area contributed by atoms with Gasteiger partial charge in [0.05, 0.1) is 11.3 Å². The molecule has 7 nitrogen and oxygen atoms in total. The van der Waals surface area contributed by atoms with Crippen LogP contribution in [0.3, 0.4) is 0 Å². The van der Waals surface area contributed by atoms with Crippen molar-refractivity contribution in [3.05, 3.63) is 52.3 Å².